The molecule has 0 aliphatic carbocycles. The predicted octanol–water partition coefficient (Wildman–Crippen LogP) is 1.35. The fourth-order valence-corrected chi connectivity index (χ4v) is 2.54. The Bertz CT molecular complexity index is 573. The molecule has 0 radical (unpaired) electrons. The highest BCUT2D eigenvalue weighted by atomic mass is 16.5. The van der Waals surface area contributed by atoms with E-state index in [1.54, 1.807) is 31.2 Å². The zero-order chi connectivity index (χ0) is 17.5. The van der Waals surface area contributed by atoms with E-state index >= 15 is 0 Å². The van der Waals surface area contributed by atoms with E-state index in [4.69, 9.17) is 15.2 Å². The SMILES string of the molecule is COC(C)C(=O)Nc1cccc(NC(=O)C(N)C2CCOCC2)c1. The number of carbonyl (C=O) groups is 2. The van der Waals surface area contributed by atoms with E-state index in [2.05, 4.69) is 10.6 Å². The van der Waals surface area contributed by atoms with Gasteiger partial charge >= 0.3 is 0 Å². The molecule has 0 saturated carbocycles. The summed E-state index contributed by atoms with van der Waals surface area (Å²) >= 11 is 0. The molecular formula is C17H25N3O4. The number of nitrogens with two attached hydrogens (primary N) is 1. The van der Waals surface area contributed by atoms with Gasteiger partial charge in [0.15, 0.2) is 0 Å². The predicted molar refractivity (Wildman–Crippen MR) is 91.7 cm³/mol. The van der Waals surface area contributed by atoms with Gasteiger partial charge in [-0.1, -0.05) is 6.07 Å². The molecule has 1 saturated heterocycles. The third kappa shape index (κ3) is 5.02. The number of benzene rings is 1. The molecule has 0 aromatic heterocycles. The molecule has 2 rings (SSSR count). The lowest BCUT2D eigenvalue weighted by Crippen LogP contribution is -2.44. The standard InChI is InChI=1S/C17H25N3O4/c1-11(23-2)16(21)19-13-4-3-5-14(10-13)20-17(22)15(18)12-6-8-24-9-7-12/h3-5,10-12,15H,6-9,18H2,1-2H3,(H,19,21)(H,20,22). The van der Waals surface area contributed by atoms with Crippen molar-refractivity contribution in [1.29, 1.82) is 0 Å². The van der Waals surface area contributed by atoms with Crippen LogP contribution in [0.4, 0.5) is 11.4 Å². The molecule has 2 amide bonds. The first-order valence-corrected chi connectivity index (χ1v) is 8.09. The maximum atomic E-state index is 12.3. The van der Waals surface area contributed by atoms with Crippen molar-refractivity contribution in [2.75, 3.05) is 31.0 Å². The summed E-state index contributed by atoms with van der Waals surface area (Å²) in [4.78, 5) is 24.2. The Kier molecular flexibility index (Phi) is 6.72. The molecule has 7 nitrogen and oxygen atoms in total. The van der Waals surface area contributed by atoms with Crippen LogP contribution in [0, 0.1) is 5.92 Å². The normalized spacial score (nSPS) is 17.8. The molecule has 0 spiro atoms. The Labute approximate surface area is 141 Å². The summed E-state index contributed by atoms with van der Waals surface area (Å²) in [6.07, 6.45) is 1.03. The van der Waals surface area contributed by atoms with Gasteiger partial charge in [-0.05, 0) is 43.9 Å². The van der Waals surface area contributed by atoms with Gasteiger partial charge in [-0.15, -0.1) is 0 Å². The molecule has 2 atom stereocenters. The van der Waals surface area contributed by atoms with E-state index in [0.717, 1.165) is 12.8 Å². The first-order chi connectivity index (χ1) is 11.5. The summed E-state index contributed by atoms with van der Waals surface area (Å²) in [6, 6.07) is 6.37. The molecule has 0 bridgehead atoms. The molecule has 1 aromatic rings. The first kappa shape index (κ1) is 18.4. The average molecular weight is 335 g/mol. The number of nitrogens with one attached hydrogen (secondary N) is 2. The van der Waals surface area contributed by atoms with Crippen molar-refractivity contribution >= 4 is 23.2 Å². The third-order valence-electron chi connectivity index (χ3n) is 4.20. The van der Waals surface area contributed by atoms with E-state index < -0.39 is 12.1 Å². The summed E-state index contributed by atoms with van der Waals surface area (Å²) in [5.41, 5.74) is 7.24. The molecule has 1 heterocycles. The lowest BCUT2D eigenvalue weighted by atomic mass is 9.92. The molecular weight excluding hydrogens is 310 g/mol. The molecule has 132 valence electrons. The Hall–Kier alpha value is -1.96. The molecule has 1 fully saturated rings. The van der Waals surface area contributed by atoms with E-state index in [0.29, 0.717) is 24.6 Å². The number of rotatable bonds is 6. The number of carbonyl (C=O) groups excluding carboxylic acids is 2. The van der Waals surface area contributed by atoms with Crippen molar-refractivity contribution in [3.63, 3.8) is 0 Å². The number of hydrogen-bond donors (Lipinski definition) is 3. The van der Waals surface area contributed by atoms with E-state index in [1.165, 1.54) is 7.11 Å². The summed E-state index contributed by atoms with van der Waals surface area (Å²) in [6.45, 7) is 2.95. The number of amides is 2. The van der Waals surface area contributed by atoms with Crippen molar-refractivity contribution in [1.82, 2.24) is 0 Å². The zero-order valence-corrected chi connectivity index (χ0v) is 14.1. The van der Waals surface area contributed by atoms with Crippen LogP contribution in [0.1, 0.15) is 19.8 Å². The fourth-order valence-electron chi connectivity index (χ4n) is 2.54. The first-order valence-electron chi connectivity index (χ1n) is 8.09. The Morgan fingerprint density at radius 2 is 1.79 bits per heavy atom. The highest BCUT2D eigenvalue weighted by Gasteiger charge is 2.26. The highest BCUT2D eigenvalue weighted by molar-refractivity contribution is 5.97. The summed E-state index contributed by atoms with van der Waals surface area (Å²) in [7, 11) is 1.47. The van der Waals surface area contributed by atoms with Crippen LogP contribution in [0.15, 0.2) is 24.3 Å². The number of methoxy groups -OCH3 is 1. The summed E-state index contributed by atoms with van der Waals surface area (Å²) in [5.74, 6) is -0.347. The van der Waals surface area contributed by atoms with Crippen molar-refractivity contribution in [2.45, 2.75) is 31.9 Å². The van der Waals surface area contributed by atoms with Crippen molar-refractivity contribution in [2.24, 2.45) is 11.7 Å². The molecule has 2 unspecified atom stereocenters. The second kappa shape index (κ2) is 8.77. The second-order valence-electron chi connectivity index (χ2n) is 5.91. The van der Waals surface area contributed by atoms with Crippen molar-refractivity contribution in [3.05, 3.63) is 24.3 Å². The van der Waals surface area contributed by atoms with Gasteiger partial charge in [0.05, 0.1) is 6.04 Å². The van der Waals surface area contributed by atoms with Crippen LogP contribution < -0.4 is 16.4 Å². The Morgan fingerprint density at radius 1 is 1.21 bits per heavy atom. The minimum absolute atomic E-state index is 0.129. The maximum Gasteiger partial charge on any atom is 0.253 e. The van der Waals surface area contributed by atoms with Crippen LogP contribution in [0.5, 0.6) is 0 Å². The number of hydrogen-bond acceptors (Lipinski definition) is 5. The number of ether oxygens (including phenoxy) is 2. The summed E-state index contributed by atoms with van der Waals surface area (Å²) < 4.78 is 10.3. The molecule has 1 aliphatic heterocycles. The smallest absolute Gasteiger partial charge is 0.253 e. The Balaban J connectivity index is 1.95. The van der Waals surface area contributed by atoms with Crippen LogP contribution in [-0.2, 0) is 19.1 Å². The molecule has 4 N–H and O–H groups in total. The van der Waals surface area contributed by atoms with Gasteiger partial charge in [0.25, 0.3) is 5.91 Å². The van der Waals surface area contributed by atoms with Crippen molar-refractivity contribution in [3.8, 4) is 0 Å². The van der Waals surface area contributed by atoms with Gasteiger partial charge in [0, 0.05) is 31.7 Å². The van der Waals surface area contributed by atoms with Crippen LogP contribution in [0.2, 0.25) is 0 Å². The van der Waals surface area contributed by atoms with E-state index in [1.807, 2.05) is 0 Å². The monoisotopic (exact) mass is 335 g/mol. The largest absolute Gasteiger partial charge is 0.381 e. The van der Waals surface area contributed by atoms with E-state index in [9.17, 15) is 9.59 Å². The van der Waals surface area contributed by atoms with Crippen LogP contribution >= 0.6 is 0 Å². The highest BCUT2D eigenvalue weighted by Crippen LogP contribution is 2.20. The maximum absolute atomic E-state index is 12.3. The van der Waals surface area contributed by atoms with Crippen molar-refractivity contribution < 1.29 is 19.1 Å². The quantitative estimate of drug-likeness (QED) is 0.728. The van der Waals surface area contributed by atoms with Crippen LogP contribution in [0.3, 0.4) is 0 Å². The summed E-state index contributed by atoms with van der Waals surface area (Å²) in [5, 5.41) is 5.54. The minimum atomic E-state index is -0.569. The second-order valence-corrected chi connectivity index (χ2v) is 5.91. The lowest BCUT2D eigenvalue weighted by molar-refractivity contribution is -0.124. The van der Waals surface area contributed by atoms with Gasteiger partial charge < -0.3 is 25.8 Å². The van der Waals surface area contributed by atoms with Gasteiger partial charge in [0.1, 0.15) is 6.10 Å². The fraction of sp³-hybridized carbons (Fsp3) is 0.529. The average Bonchev–Trinajstić information content (AvgIpc) is 2.61. The van der Waals surface area contributed by atoms with Gasteiger partial charge in [0.2, 0.25) is 5.91 Å². The molecule has 1 aromatic carbocycles. The van der Waals surface area contributed by atoms with Gasteiger partial charge in [-0.25, -0.2) is 0 Å². The third-order valence-corrected chi connectivity index (χ3v) is 4.20. The van der Waals surface area contributed by atoms with Crippen LogP contribution in [0.25, 0.3) is 0 Å². The van der Waals surface area contributed by atoms with Crippen LogP contribution in [-0.4, -0.2) is 44.3 Å². The molecule has 24 heavy (non-hydrogen) atoms. The number of anilines is 2. The molecule has 1 aliphatic rings. The Morgan fingerprint density at radius 3 is 2.38 bits per heavy atom. The topological polar surface area (TPSA) is 103 Å². The van der Waals surface area contributed by atoms with Gasteiger partial charge in [-0.2, -0.15) is 0 Å². The minimum Gasteiger partial charge on any atom is -0.381 e. The lowest BCUT2D eigenvalue weighted by Gasteiger charge is -2.26. The van der Waals surface area contributed by atoms with E-state index in [-0.39, 0.29) is 17.7 Å². The van der Waals surface area contributed by atoms with Gasteiger partial charge in [-0.3, -0.25) is 9.59 Å². The zero-order valence-electron chi connectivity index (χ0n) is 14.1. The molecule has 7 heteroatoms.